The summed E-state index contributed by atoms with van der Waals surface area (Å²) >= 11 is 1.32. The molecule has 0 spiro atoms. The Hall–Kier alpha value is -4.18. The lowest BCUT2D eigenvalue weighted by atomic mass is 10.1. The number of hydrazone groups is 1. The number of nitrogens with zero attached hydrogens (tertiary/aromatic N) is 1. The lowest BCUT2D eigenvalue weighted by molar-refractivity contribution is -0.127. The number of esters is 1. The molecule has 0 fully saturated rings. The standard InChI is InChI=1S/C27H29N3O6S/c1-6-35-27(33)23-16(2)18(4)37-26(23)29-25(32)19-11-13-21(14-12-19)36-17(3)24(31)30-28-15-20-9-7-8-10-22(20)34-5/h7-15,17H,6H2,1-5H3,(H,29,32)(H,30,31)/b28-15+. The number of nitrogens with one attached hydrogen (secondary N) is 2. The molecule has 1 heterocycles. The average Bonchev–Trinajstić information content (AvgIpc) is 3.17. The van der Waals surface area contributed by atoms with E-state index in [1.54, 1.807) is 51.3 Å². The predicted molar refractivity (Wildman–Crippen MR) is 143 cm³/mol. The van der Waals surface area contributed by atoms with E-state index in [4.69, 9.17) is 14.2 Å². The maximum atomic E-state index is 12.8. The zero-order chi connectivity index (χ0) is 26.9. The van der Waals surface area contributed by atoms with Crippen LogP contribution in [-0.4, -0.2) is 43.8 Å². The molecule has 3 rings (SSSR count). The van der Waals surface area contributed by atoms with Crippen LogP contribution in [0.15, 0.2) is 53.6 Å². The summed E-state index contributed by atoms with van der Waals surface area (Å²) in [7, 11) is 1.56. The monoisotopic (exact) mass is 523 g/mol. The molecular formula is C27H29N3O6S. The Morgan fingerprint density at radius 2 is 1.78 bits per heavy atom. The summed E-state index contributed by atoms with van der Waals surface area (Å²) in [6.07, 6.45) is 0.652. The SMILES string of the molecule is CCOC(=O)c1c(NC(=O)c2ccc(OC(C)C(=O)N/N=C/c3ccccc3OC)cc2)sc(C)c1C. The molecule has 1 aromatic heterocycles. The second-order valence-electron chi connectivity index (χ2n) is 7.92. The van der Waals surface area contributed by atoms with Crippen LogP contribution in [0, 0.1) is 13.8 Å². The van der Waals surface area contributed by atoms with Gasteiger partial charge in [0.25, 0.3) is 11.8 Å². The Bertz CT molecular complexity index is 1300. The first-order chi connectivity index (χ1) is 17.7. The summed E-state index contributed by atoms with van der Waals surface area (Å²) in [6, 6.07) is 13.6. The number of anilines is 1. The molecule has 0 aliphatic carbocycles. The molecule has 0 radical (unpaired) electrons. The molecule has 194 valence electrons. The van der Waals surface area contributed by atoms with E-state index in [1.807, 2.05) is 32.0 Å². The Morgan fingerprint density at radius 3 is 2.46 bits per heavy atom. The lowest BCUT2D eigenvalue weighted by Crippen LogP contribution is -2.33. The third-order valence-electron chi connectivity index (χ3n) is 5.41. The maximum Gasteiger partial charge on any atom is 0.341 e. The number of aryl methyl sites for hydroxylation is 1. The number of rotatable bonds is 10. The van der Waals surface area contributed by atoms with E-state index in [0.29, 0.717) is 27.6 Å². The van der Waals surface area contributed by atoms with Crippen LogP contribution in [0.1, 0.15) is 50.6 Å². The minimum atomic E-state index is -0.835. The van der Waals surface area contributed by atoms with Gasteiger partial charge in [-0.15, -0.1) is 11.3 Å². The molecule has 2 amide bonds. The molecule has 0 saturated heterocycles. The van der Waals surface area contributed by atoms with Crippen molar-refractivity contribution in [1.29, 1.82) is 0 Å². The van der Waals surface area contributed by atoms with Gasteiger partial charge in [0.05, 0.1) is 25.5 Å². The Balaban J connectivity index is 1.59. The largest absolute Gasteiger partial charge is 0.496 e. The molecule has 0 saturated carbocycles. The molecule has 2 aromatic carbocycles. The number of amides is 2. The second kappa shape index (κ2) is 12.7. The Labute approximate surface area is 219 Å². The van der Waals surface area contributed by atoms with E-state index in [0.717, 1.165) is 16.0 Å². The van der Waals surface area contributed by atoms with Crippen molar-refractivity contribution >= 4 is 40.3 Å². The molecule has 0 aliphatic rings. The number of para-hydroxylation sites is 1. The molecule has 37 heavy (non-hydrogen) atoms. The van der Waals surface area contributed by atoms with Crippen LogP contribution in [-0.2, 0) is 9.53 Å². The topological polar surface area (TPSA) is 115 Å². The van der Waals surface area contributed by atoms with Gasteiger partial charge in [-0.3, -0.25) is 9.59 Å². The van der Waals surface area contributed by atoms with Gasteiger partial charge >= 0.3 is 5.97 Å². The molecule has 0 bridgehead atoms. The first-order valence-corrected chi connectivity index (χ1v) is 12.4. The van der Waals surface area contributed by atoms with E-state index in [1.165, 1.54) is 17.6 Å². The zero-order valence-electron chi connectivity index (χ0n) is 21.3. The van der Waals surface area contributed by atoms with Gasteiger partial charge in [-0.05, 0) is 69.7 Å². The number of thiophene rings is 1. The van der Waals surface area contributed by atoms with Crippen LogP contribution >= 0.6 is 11.3 Å². The van der Waals surface area contributed by atoms with Crippen LogP contribution in [0.2, 0.25) is 0 Å². The quantitative estimate of drug-likeness (QED) is 0.226. The van der Waals surface area contributed by atoms with Gasteiger partial charge in [-0.2, -0.15) is 5.10 Å². The van der Waals surface area contributed by atoms with E-state index in [9.17, 15) is 14.4 Å². The van der Waals surface area contributed by atoms with Crippen molar-refractivity contribution in [1.82, 2.24) is 5.43 Å². The smallest absolute Gasteiger partial charge is 0.341 e. The lowest BCUT2D eigenvalue weighted by Gasteiger charge is -2.13. The summed E-state index contributed by atoms with van der Waals surface area (Å²) in [5.74, 6) is -0.251. The van der Waals surface area contributed by atoms with Gasteiger partial charge < -0.3 is 19.5 Å². The number of methoxy groups -OCH3 is 1. The number of hydrogen-bond donors (Lipinski definition) is 2. The molecule has 2 N–H and O–H groups in total. The Morgan fingerprint density at radius 1 is 1.08 bits per heavy atom. The minimum Gasteiger partial charge on any atom is -0.496 e. The fourth-order valence-corrected chi connectivity index (χ4v) is 4.35. The minimum absolute atomic E-state index is 0.243. The van der Waals surface area contributed by atoms with Crippen LogP contribution in [0.25, 0.3) is 0 Å². The van der Waals surface area contributed by atoms with Crippen molar-refractivity contribution in [3.8, 4) is 11.5 Å². The summed E-state index contributed by atoms with van der Waals surface area (Å²) in [5.41, 5.74) is 4.67. The highest BCUT2D eigenvalue weighted by molar-refractivity contribution is 7.16. The highest BCUT2D eigenvalue weighted by atomic mass is 32.1. The van der Waals surface area contributed by atoms with Crippen molar-refractivity contribution in [2.24, 2.45) is 5.10 Å². The first-order valence-electron chi connectivity index (χ1n) is 11.6. The summed E-state index contributed by atoms with van der Waals surface area (Å²) in [6.45, 7) is 7.26. The van der Waals surface area contributed by atoms with Crippen LogP contribution in [0.3, 0.4) is 0 Å². The number of carbonyl (C=O) groups is 3. The van der Waals surface area contributed by atoms with Gasteiger partial charge in [0.15, 0.2) is 6.10 Å². The third-order valence-corrected chi connectivity index (χ3v) is 6.53. The highest BCUT2D eigenvalue weighted by Crippen LogP contribution is 2.33. The van der Waals surface area contributed by atoms with Crippen molar-refractivity contribution in [2.45, 2.75) is 33.8 Å². The van der Waals surface area contributed by atoms with Crippen molar-refractivity contribution in [3.63, 3.8) is 0 Å². The molecular weight excluding hydrogens is 494 g/mol. The Kier molecular flexibility index (Phi) is 9.39. The molecule has 1 unspecified atom stereocenters. The third kappa shape index (κ3) is 6.95. The normalized spacial score (nSPS) is 11.6. The summed E-state index contributed by atoms with van der Waals surface area (Å²) < 4.78 is 16.0. The zero-order valence-corrected chi connectivity index (χ0v) is 22.1. The molecule has 9 nitrogen and oxygen atoms in total. The fourth-order valence-electron chi connectivity index (χ4n) is 3.31. The molecule has 10 heteroatoms. The molecule has 0 aliphatic heterocycles. The van der Waals surface area contributed by atoms with E-state index in [2.05, 4.69) is 15.8 Å². The van der Waals surface area contributed by atoms with E-state index in [-0.39, 0.29) is 12.5 Å². The van der Waals surface area contributed by atoms with Crippen molar-refractivity contribution in [2.75, 3.05) is 19.0 Å². The highest BCUT2D eigenvalue weighted by Gasteiger charge is 2.22. The number of benzene rings is 2. The van der Waals surface area contributed by atoms with E-state index >= 15 is 0 Å². The predicted octanol–water partition coefficient (Wildman–Crippen LogP) is 4.72. The van der Waals surface area contributed by atoms with Gasteiger partial charge in [0.2, 0.25) is 0 Å². The van der Waals surface area contributed by atoms with Gasteiger partial charge in [-0.1, -0.05) is 12.1 Å². The number of carbonyl (C=O) groups excluding carboxylic acids is 3. The van der Waals surface area contributed by atoms with Crippen LogP contribution in [0.4, 0.5) is 5.00 Å². The molecule has 3 aromatic rings. The number of ether oxygens (including phenoxy) is 3. The van der Waals surface area contributed by atoms with E-state index < -0.39 is 18.0 Å². The first kappa shape index (κ1) is 27.4. The second-order valence-corrected chi connectivity index (χ2v) is 9.15. The molecule has 1 atom stereocenters. The van der Waals surface area contributed by atoms with Crippen LogP contribution in [0.5, 0.6) is 11.5 Å². The average molecular weight is 524 g/mol. The van der Waals surface area contributed by atoms with Gasteiger partial charge in [0.1, 0.15) is 16.5 Å². The summed E-state index contributed by atoms with van der Waals surface area (Å²) in [4.78, 5) is 38.4. The van der Waals surface area contributed by atoms with Crippen LogP contribution < -0.4 is 20.2 Å². The van der Waals surface area contributed by atoms with Crippen molar-refractivity contribution in [3.05, 3.63) is 75.7 Å². The van der Waals surface area contributed by atoms with Gasteiger partial charge in [-0.25, -0.2) is 10.2 Å². The fraction of sp³-hybridized carbons (Fsp3) is 0.259. The number of hydrogen-bond acceptors (Lipinski definition) is 8. The van der Waals surface area contributed by atoms with Gasteiger partial charge in [0, 0.05) is 16.0 Å². The summed E-state index contributed by atoms with van der Waals surface area (Å²) in [5, 5.41) is 7.20. The van der Waals surface area contributed by atoms with Crippen molar-refractivity contribution < 1.29 is 28.6 Å². The maximum absolute atomic E-state index is 12.8.